The van der Waals surface area contributed by atoms with E-state index in [2.05, 4.69) is 40.7 Å². The van der Waals surface area contributed by atoms with Gasteiger partial charge in [0.2, 0.25) is 0 Å². The minimum Gasteiger partial charge on any atom is -0.481 e. The molecule has 4 fully saturated rings. The Hall–Kier alpha value is -0.950. The van der Waals surface area contributed by atoms with Crippen LogP contribution in [0, 0.1) is 56.7 Å². The highest BCUT2D eigenvalue weighted by molar-refractivity contribution is 5.76. The van der Waals surface area contributed by atoms with E-state index in [0.717, 1.165) is 25.7 Å². The molecular formula is C30H48O6. The number of allylic oxidation sites excluding steroid dienone is 2. The molecule has 204 valence electrons. The minimum atomic E-state index is -1.08. The number of hydrogen-bond donors (Lipinski definition) is 5. The van der Waals surface area contributed by atoms with Gasteiger partial charge < -0.3 is 25.5 Å². The fraction of sp³-hybridized carbons (Fsp3) is 0.900. The van der Waals surface area contributed by atoms with Crippen LogP contribution >= 0.6 is 0 Å². The molecule has 5 aliphatic rings. The summed E-state index contributed by atoms with van der Waals surface area (Å²) in [4.78, 5) is 12.8. The summed E-state index contributed by atoms with van der Waals surface area (Å²) in [6, 6.07) is 0. The van der Waals surface area contributed by atoms with Crippen LogP contribution in [0.3, 0.4) is 0 Å². The second kappa shape index (κ2) is 8.03. The first-order valence-corrected chi connectivity index (χ1v) is 14.2. The molecule has 0 aromatic carbocycles. The van der Waals surface area contributed by atoms with E-state index in [-0.39, 0.29) is 41.1 Å². The molecule has 0 spiro atoms. The van der Waals surface area contributed by atoms with Gasteiger partial charge in [0.15, 0.2) is 0 Å². The maximum atomic E-state index is 12.8. The monoisotopic (exact) mass is 504 g/mol. The Labute approximate surface area is 216 Å². The molecule has 36 heavy (non-hydrogen) atoms. The smallest absolute Gasteiger partial charge is 0.310 e. The van der Waals surface area contributed by atoms with Crippen molar-refractivity contribution in [2.24, 2.45) is 56.7 Å². The summed E-state index contributed by atoms with van der Waals surface area (Å²) >= 11 is 0. The first kappa shape index (κ1) is 26.6. The van der Waals surface area contributed by atoms with Crippen LogP contribution in [0.4, 0.5) is 0 Å². The van der Waals surface area contributed by atoms with E-state index in [1.807, 2.05) is 6.92 Å². The SMILES string of the molecule is C[C@H]1[C@H](C)CC[C@@]2(C(=O)O)CC[C@@]3(C)C(=CC[C@H]4[C@]5(C)C[C@H](O)[C@@H](O)[C@@](C)(CO)[C@H]5[C@H](O)C[C@@]43C)[C@H]12. The molecule has 6 nitrogen and oxygen atoms in total. The number of aliphatic hydroxyl groups is 4. The van der Waals surface area contributed by atoms with Crippen LogP contribution < -0.4 is 0 Å². The second-order valence-electron chi connectivity index (χ2n) is 14.6. The summed E-state index contributed by atoms with van der Waals surface area (Å²) in [6.45, 7) is 12.8. The van der Waals surface area contributed by atoms with Gasteiger partial charge in [-0.1, -0.05) is 53.2 Å². The lowest BCUT2D eigenvalue weighted by molar-refractivity contribution is -0.273. The van der Waals surface area contributed by atoms with E-state index in [4.69, 9.17) is 0 Å². The molecular weight excluding hydrogens is 456 g/mol. The molecule has 0 saturated heterocycles. The van der Waals surface area contributed by atoms with Crippen molar-refractivity contribution in [3.63, 3.8) is 0 Å². The van der Waals surface area contributed by atoms with E-state index >= 15 is 0 Å². The van der Waals surface area contributed by atoms with Gasteiger partial charge in [0.25, 0.3) is 0 Å². The second-order valence-corrected chi connectivity index (χ2v) is 14.6. The Morgan fingerprint density at radius 3 is 2.28 bits per heavy atom. The fourth-order valence-corrected chi connectivity index (χ4v) is 11.2. The average Bonchev–Trinajstić information content (AvgIpc) is 2.80. The van der Waals surface area contributed by atoms with E-state index < -0.39 is 40.5 Å². The summed E-state index contributed by atoms with van der Waals surface area (Å²) in [7, 11) is 0. The van der Waals surface area contributed by atoms with Crippen molar-refractivity contribution in [3.05, 3.63) is 11.6 Å². The molecule has 0 aromatic heterocycles. The molecule has 5 aliphatic carbocycles. The van der Waals surface area contributed by atoms with Gasteiger partial charge in [-0.2, -0.15) is 0 Å². The number of carboxylic acid groups (broad SMARTS) is 1. The van der Waals surface area contributed by atoms with Crippen molar-refractivity contribution < 1.29 is 30.3 Å². The molecule has 0 heterocycles. The van der Waals surface area contributed by atoms with Gasteiger partial charge in [-0.05, 0) is 84.9 Å². The summed E-state index contributed by atoms with van der Waals surface area (Å²) < 4.78 is 0. The highest BCUT2D eigenvalue weighted by Gasteiger charge is 2.72. The maximum Gasteiger partial charge on any atom is 0.310 e. The molecule has 0 radical (unpaired) electrons. The third-order valence-corrected chi connectivity index (χ3v) is 13.4. The Morgan fingerprint density at radius 2 is 1.67 bits per heavy atom. The number of aliphatic hydroxyl groups excluding tert-OH is 4. The van der Waals surface area contributed by atoms with Gasteiger partial charge in [0, 0.05) is 11.3 Å². The number of fused-ring (bicyclic) bond motifs is 7. The largest absolute Gasteiger partial charge is 0.481 e. The minimum absolute atomic E-state index is 0.000534. The summed E-state index contributed by atoms with van der Waals surface area (Å²) in [6.07, 6.45) is 4.44. The standard InChI is InChI=1S/C30H48O6/c1-16-9-10-30(25(35)36)12-11-28(5)18(22(30)17(16)2)7-8-21-26(3)13-20(33)24(34)27(4,15-31)23(26)19(32)14-29(21,28)6/h7,16-17,19-24,31-34H,8-15H2,1-6H3,(H,35,36)/t16-,17+,19-,20+,21+,22+,23+,24-,26+,27+,28+,29+,30-/m1/s1. The van der Waals surface area contributed by atoms with Gasteiger partial charge in [-0.15, -0.1) is 0 Å². The lowest BCUT2D eigenvalue weighted by Gasteiger charge is -2.72. The number of rotatable bonds is 2. The Balaban J connectivity index is 1.65. The number of aliphatic carboxylic acids is 1. The van der Waals surface area contributed by atoms with E-state index in [1.54, 1.807) is 0 Å². The predicted octanol–water partition coefficient (Wildman–Crippen LogP) is 4.00. The third-order valence-electron chi connectivity index (χ3n) is 13.4. The van der Waals surface area contributed by atoms with Gasteiger partial charge in [0.05, 0.1) is 30.3 Å². The lowest BCUT2D eigenvalue weighted by Crippen LogP contribution is -2.71. The topological polar surface area (TPSA) is 118 Å². The van der Waals surface area contributed by atoms with Crippen LogP contribution in [0.1, 0.15) is 86.5 Å². The molecule has 6 heteroatoms. The van der Waals surface area contributed by atoms with Gasteiger partial charge >= 0.3 is 5.97 Å². The molecule has 0 unspecified atom stereocenters. The Bertz CT molecular complexity index is 963. The summed E-state index contributed by atoms with van der Waals surface area (Å²) in [5, 5.41) is 54.7. The molecule has 4 saturated carbocycles. The van der Waals surface area contributed by atoms with E-state index in [1.165, 1.54) is 5.57 Å². The van der Waals surface area contributed by atoms with Gasteiger partial charge in [-0.25, -0.2) is 0 Å². The predicted molar refractivity (Wildman–Crippen MR) is 137 cm³/mol. The zero-order valence-electron chi connectivity index (χ0n) is 23.0. The van der Waals surface area contributed by atoms with Crippen LogP contribution in [0.2, 0.25) is 0 Å². The number of carbonyl (C=O) groups is 1. The maximum absolute atomic E-state index is 12.8. The van der Waals surface area contributed by atoms with Crippen LogP contribution in [0.5, 0.6) is 0 Å². The van der Waals surface area contributed by atoms with Crippen molar-refractivity contribution >= 4 is 5.97 Å². The van der Waals surface area contributed by atoms with Crippen molar-refractivity contribution in [2.75, 3.05) is 6.61 Å². The van der Waals surface area contributed by atoms with Crippen LogP contribution in [0.25, 0.3) is 0 Å². The number of hydrogen-bond acceptors (Lipinski definition) is 5. The Kier molecular flexibility index (Phi) is 5.95. The molecule has 0 bridgehead atoms. The lowest BCUT2D eigenvalue weighted by atomic mass is 9.32. The zero-order chi connectivity index (χ0) is 26.6. The Morgan fingerprint density at radius 1 is 1.00 bits per heavy atom. The van der Waals surface area contributed by atoms with Crippen LogP contribution in [-0.2, 0) is 4.79 Å². The molecule has 0 aromatic rings. The molecule has 13 atom stereocenters. The fourth-order valence-electron chi connectivity index (χ4n) is 11.2. The zero-order valence-corrected chi connectivity index (χ0v) is 23.0. The van der Waals surface area contributed by atoms with Gasteiger partial charge in [-0.3, -0.25) is 4.79 Å². The normalized spacial score (nSPS) is 58.6. The number of carboxylic acids is 1. The van der Waals surface area contributed by atoms with Crippen molar-refractivity contribution in [1.82, 2.24) is 0 Å². The molecule has 0 aliphatic heterocycles. The summed E-state index contributed by atoms with van der Waals surface area (Å²) in [5.41, 5.74) is -1.41. The average molecular weight is 505 g/mol. The quantitative estimate of drug-likeness (QED) is 0.363. The van der Waals surface area contributed by atoms with Crippen molar-refractivity contribution in [2.45, 2.75) is 105 Å². The third kappa shape index (κ3) is 2.96. The molecule has 5 rings (SSSR count). The summed E-state index contributed by atoms with van der Waals surface area (Å²) in [5.74, 6) is -0.0914. The van der Waals surface area contributed by atoms with E-state index in [9.17, 15) is 30.3 Å². The first-order valence-electron chi connectivity index (χ1n) is 14.2. The first-order chi connectivity index (χ1) is 16.6. The highest BCUT2D eigenvalue weighted by Crippen LogP contribution is 2.75. The van der Waals surface area contributed by atoms with Crippen LogP contribution in [-0.4, -0.2) is 56.4 Å². The van der Waals surface area contributed by atoms with E-state index in [0.29, 0.717) is 25.2 Å². The molecule has 0 amide bonds. The van der Waals surface area contributed by atoms with Crippen molar-refractivity contribution in [3.8, 4) is 0 Å². The van der Waals surface area contributed by atoms with Gasteiger partial charge in [0.1, 0.15) is 0 Å². The molecule has 5 N–H and O–H groups in total. The van der Waals surface area contributed by atoms with Crippen molar-refractivity contribution in [1.29, 1.82) is 0 Å². The van der Waals surface area contributed by atoms with Crippen LogP contribution in [0.15, 0.2) is 11.6 Å². The highest BCUT2D eigenvalue weighted by atomic mass is 16.4.